The van der Waals surface area contributed by atoms with Crippen molar-refractivity contribution in [1.82, 2.24) is 10.2 Å². The molecule has 0 bridgehead atoms. The number of nitrogens with one attached hydrogen (secondary N) is 1. The highest BCUT2D eigenvalue weighted by atomic mass is 32.1. The first-order valence-electron chi connectivity index (χ1n) is 12.9. The number of ether oxygens (including phenoxy) is 1. The minimum atomic E-state index is -0.265. The molecule has 1 saturated carbocycles. The molecule has 2 aliphatic rings. The van der Waals surface area contributed by atoms with Crippen molar-refractivity contribution < 1.29 is 14.3 Å². The van der Waals surface area contributed by atoms with Crippen molar-refractivity contribution >= 4 is 29.2 Å². The summed E-state index contributed by atoms with van der Waals surface area (Å²) in [6, 6.07) is 5.05. The third kappa shape index (κ3) is 5.80. The van der Waals surface area contributed by atoms with Gasteiger partial charge in [-0.1, -0.05) is 39.3 Å². The third-order valence-corrected chi connectivity index (χ3v) is 8.88. The van der Waals surface area contributed by atoms with Gasteiger partial charge in [-0.3, -0.25) is 14.4 Å². The molecule has 8 heteroatoms. The van der Waals surface area contributed by atoms with E-state index in [0.717, 1.165) is 55.4 Å². The standard InChI is InChI=1S/C28H37N3O4S/c1-17-6-11-21(18(2)14-17)27(34)31(22-15-24(28(3,4)5)36-23(22)16-32)19-7-9-20(10-8-19)35-26-13-12-25(33)29-30-26/h6,12-13,15-16,18-21H,7-11,14H2,1-5H3,(H,29,33)/t18-,19?,20?,21-/m0/s1. The number of H-pyrrole nitrogens is 1. The van der Waals surface area contributed by atoms with Crippen LogP contribution in [0.5, 0.6) is 5.88 Å². The summed E-state index contributed by atoms with van der Waals surface area (Å²) >= 11 is 1.49. The number of rotatable bonds is 6. The van der Waals surface area contributed by atoms with E-state index in [1.165, 1.54) is 23.0 Å². The van der Waals surface area contributed by atoms with Crippen LogP contribution < -0.4 is 15.2 Å². The van der Waals surface area contributed by atoms with Gasteiger partial charge in [0.25, 0.3) is 5.56 Å². The number of nitrogens with zero attached hydrogens (tertiary/aromatic N) is 2. The highest BCUT2D eigenvalue weighted by Gasteiger charge is 2.38. The number of aromatic amines is 1. The maximum atomic E-state index is 14.2. The van der Waals surface area contributed by atoms with Crippen molar-refractivity contribution in [3.8, 4) is 5.88 Å². The lowest BCUT2D eigenvalue weighted by Crippen LogP contribution is -2.48. The van der Waals surface area contributed by atoms with Gasteiger partial charge in [0.1, 0.15) is 6.10 Å². The maximum Gasteiger partial charge on any atom is 0.264 e. The summed E-state index contributed by atoms with van der Waals surface area (Å²) in [6.45, 7) is 10.7. The largest absolute Gasteiger partial charge is 0.473 e. The monoisotopic (exact) mass is 511 g/mol. The van der Waals surface area contributed by atoms with Crippen LogP contribution in [0.2, 0.25) is 0 Å². The van der Waals surface area contributed by atoms with Crippen LogP contribution in [0, 0.1) is 11.8 Å². The second-order valence-corrected chi connectivity index (χ2v) is 12.4. The summed E-state index contributed by atoms with van der Waals surface area (Å²) in [6.07, 6.45) is 7.80. The number of anilines is 1. The lowest BCUT2D eigenvalue weighted by atomic mass is 9.79. The van der Waals surface area contributed by atoms with Gasteiger partial charge in [0.15, 0.2) is 6.29 Å². The van der Waals surface area contributed by atoms with Crippen molar-refractivity contribution in [2.24, 2.45) is 11.8 Å². The molecule has 0 aromatic carbocycles. The van der Waals surface area contributed by atoms with E-state index in [1.807, 2.05) is 4.90 Å². The Kier molecular flexibility index (Phi) is 7.83. The predicted octanol–water partition coefficient (Wildman–Crippen LogP) is 5.66. The highest BCUT2D eigenvalue weighted by Crippen LogP contribution is 2.41. The van der Waals surface area contributed by atoms with Crippen molar-refractivity contribution in [3.05, 3.63) is 50.0 Å². The van der Waals surface area contributed by atoms with E-state index in [4.69, 9.17) is 4.74 Å². The minimum Gasteiger partial charge on any atom is -0.473 e. The molecular weight excluding hydrogens is 474 g/mol. The van der Waals surface area contributed by atoms with Crippen molar-refractivity contribution in [3.63, 3.8) is 0 Å². The third-order valence-electron chi connectivity index (χ3n) is 7.40. The zero-order valence-corrected chi connectivity index (χ0v) is 22.7. The molecule has 1 N–H and O–H groups in total. The molecule has 7 nitrogen and oxygen atoms in total. The molecule has 0 unspecified atom stereocenters. The van der Waals surface area contributed by atoms with Crippen LogP contribution in [0.1, 0.15) is 87.7 Å². The highest BCUT2D eigenvalue weighted by molar-refractivity contribution is 7.14. The number of allylic oxidation sites excluding steroid dienone is 2. The van der Waals surface area contributed by atoms with Gasteiger partial charge in [0, 0.05) is 29.0 Å². The number of thiophene rings is 1. The number of aldehydes is 1. The summed E-state index contributed by atoms with van der Waals surface area (Å²) in [7, 11) is 0. The molecule has 2 aliphatic carbocycles. The first-order valence-corrected chi connectivity index (χ1v) is 13.7. The fourth-order valence-corrected chi connectivity index (χ4v) is 6.36. The summed E-state index contributed by atoms with van der Waals surface area (Å²) in [5, 5.41) is 6.36. The molecule has 2 aromatic rings. The van der Waals surface area contributed by atoms with Crippen LogP contribution in [0.25, 0.3) is 0 Å². The average molecular weight is 512 g/mol. The lowest BCUT2D eigenvalue weighted by molar-refractivity contribution is -0.124. The van der Waals surface area contributed by atoms with Crippen LogP contribution in [0.4, 0.5) is 5.69 Å². The SMILES string of the molecule is CC1=CC[C@H](C(=O)N(c2cc(C(C)(C)C)sc2C=O)C2CCC(Oc3ccc(=O)[nH]n3)CC2)[C@@H](C)C1. The van der Waals surface area contributed by atoms with Crippen molar-refractivity contribution in [1.29, 1.82) is 0 Å². The summed E-state index contributed by atoms with van der Waals surface area (Å²) in [5.41, 5.74) is 1.72. The Morgan fingerprint density at radius 3 is 2.53 bits per heavy atom. The van der Waals surface area contributed by atoms with E-state index in [2.05, 4.69) is 57.0 Å². The van der Waals surface area contributed by atoms with E-state index in [0.29, 0.717) is 10.8 Å². The Labute approximate surface area is 216 Å². The average Bonchev–Trinajstić information content (AvgIpc) is 3.26. The zero-order chi connectivity index (χ0) is 26.0. The Morgan fingerprint density at radius 2 is 1.94 bits per heavy atom. The van der Waals surface area contributed by atoms with E-state index in [-0.39, 0.29) is 40.9 Å². The first kappa shape index (κ1) is 26.3. The molecule has 1 fully saturated rings. The number of carbonyl (C=O) groups is 2. The molecular formula is C28H37N3O4S. The quantitative estimate of drug-likeness (QED) is 0.399. The lowest BCUT2D eigenvalue weighted by Gasteiger charge is -2.40. The van der Waals surface area contributed by atoms with Crippen LogP contribution >= 0.6 is 11.3 Å². The van der Waals surface area contributed by atoms with Gasteiger partial charge in [-0.25, -0.2) is 5.10 Å². The number of carbonyl (C=O) groups excluding carboxylic acids is 2. The van der Waals surface area contributed by atoms with Gasteiger partial charge in [0.2, 0.25) is 11.8 Å². The van der Waals surface area contributed by atoms with Crippen LogP contribution in [-0.2, 0) is 10.2 Å². The van der Waals surface area contributed by atoms with Crippen LogP contribution in [0.3, 0.4) is 0 Å². The van der Waals surface area contributed by atoms with Gasteiger partial charge < -0.3 is 9.64 Å². The Bertz CT molecular complexity index is 1160. The second kappa shape index (κ2) is 10.7. The van der Waals surface area contributed by atoms with E-state index in [9.17, 15) is 14.4 Å². The molecule has 2 atom stereocenters. The van der Waals surface area contributed by atoms with Gasteiger partial charge >= 0.3 is 0 Å². The summed E-state index contributed by atoms with van der Waals surface area (Å²) in [5.74, 6) is 0.696. The Morgan fingerprint density at radius 1 is 1.22 bits per heavy atom. The summed E-state index contributed by atoms with van der Waals surface area (Å²) in [4.78, 5) is 41.3. The van der Waals surface area contributed by atoms with Crippen molar-refractivity contribution in [2.45, 2.75) is 90.7 Å². The molecule has 194 valence electrons. The topological polar surface area (TPSA) is 92.4 Å². The number of aromatic nitrogens is 2. The van der Waals surface area contributed by atoms with Crippen molar-refractivity contribution in [2.75, 3.05) is 4.90 Å². The zero-order valence-electron chi connectivity index (χ0n) is 21.9. The van der Waals surface area contributed by atoms with Crippen LogP contribution in [0.15, 0.2) is 34.6 Å². The molecule has 1 amide bonds. The number of amides is 1. The van der Waals surface area contributed by atoms with Gasteiger partial charge in [-0.2, -0.15) is 0 Å². The first-order chi connectivity index (χ1) is 17.1. The molecule has 2 heterocycles. The fourth-order valence-electron chi connectivity index (χ4n) is 5.34. The molecule has 0 spiro atoms. The number of hydrogen-bond donors (Lipinski definition) is 1. The fraction of sp³-hybridized carbons (Fsp3) is 0.571. The molecule has 0 saturated heterocycles. The Balaban J connectivity index is 1.60. The van der Waals surface area contributed by atoms with Gasteiger partial charge in [-0.15, -0.1) is 16.4 Å². The molecule has 2 aromatic heterocycles. The van der Waals surface area contributed by atoms with Gasteiger partial charge in [-0.05, 0) is 62.8 Å². The van der Waals surface area contributed by atoms with E-state index in [1.54, 1.807) is 6.07 Å². The molecule has 0 aliphatic heterocycles. The number of hydrogen-bond acceptors (Lipinski definition) is 6. The molecule has 4 rings (SSSR count). The molecule has 0 radical (unpaired) electrons. The summed E-state index contributed by atoms with van der Waals surface area (Å²) < 4.78 is 6.00. The predicted molar refractivity (Wildman–Crippen MR) is 143 cm³/mol. The second-order valence-electron chi connectivity index (χ2n) is 11.3. The normalized spacial score (nSPS) is 24.6. The van der Waals surface area contributed by atoms with E-state index >= 15 is 0 Å². The minimum absolute atomic E-state index is 0.00112. The van der Waals surface area contributed by atoms with E-state index < -0.39 is 0 Å². The maximum absolute atomic E-state index is 14.2. The Hall–Kier alpha value is -2.74. The molecule has 36 heavy (non-hydrogen) atoms. The smallest absolute Gasteiger partial charge is 0.264 e. The van der Waals surface area contributed by atoms with Gasteiger partial charge in [0.05, 0.1) is 10.6 Å². The van der Waals surface area contributed by atoms with Crippen LogP contribution in [-0.4, -0.2) is 34.5 Å².